The topological polar surface area (TPSA) is 47.8 Å². The van der Waals surface area contributed by atoms with Gasteiger partial charge in [-0.15, -0.1) is 10.2 Å². The van der Waals surface area contributed by atoms with E-state index in [4.69, 9.17) is 11.6 Å². The van der Waals surface area contributed by atoms with Crippen LogP contribution in [0.2, 0.25) is 5.02 Å². The predicted octanol–water partition coefficient (Wildman–Crippen LogP) is 4.25. The number of Topliss-reactive ketones (excluding diaryl/α,β-unsaturated/α-hetero) is 1. The first kappa shape index (κ1) is 16.7. The molecule has 0 saturated heterocycles. The lowest BCUT2D eigenvalue weighted by Crippen LogP contribution is -2.04. The molecule has 0 N–H and O–H groups in total. The monoisotopic (exact) mass is 361 g/mol. The fourth-order valence-electron chi connectivity index (χ4n) is 2.19. The molecule has 4 nitrogen and oxygen atoms in total. The minimum absolute atomic E-state index is 0.0723. The number of hydrogen-bond acceptors (Lipinski definition) is 4. The van der Waals surface area contributed by atoms with E-state index in [0.717, 1.165) is 5.56 Å². The summed E-state index contributed by atoms with van der Waals surface area (Å²) in [6.07, 6.45) is 0. The molecule has 7 heteroatoms. The molecule has 122 valence electrons. The molecule has 2 aromatic carbocycles. The van der Waals surface area contributed by atoms with E-state index in [1.807, 2.05) is 0 Å². The van der Waals surface area contributed by atoms with Crippen molar-refractivity contribution >= 4 is 29.1 Å². The molecule has 0 fully saturated rings. The molecule has 0 aliphatic rings. The molecular formula is C17H13ClFN3OS. The SMILES string of the molecule is Cn1c(SCC(=O)c2ccccc2Cl)nnc1-c1ccc(F)cc1. The summed E-state index contributed by atoms with van der Waals surface area (Å²) >= 11 is 7.32. The van der Waals surface area contributed by atoms with Crippen molar-refractivity contribution in [3.63, 3.8) is 0 Å². The zero-order valence-electron chi connectivity index (χ0n) is 12.7. The summed E-state index contributed by atoms with van der Waals surface area (Å²) in [6.45, 7) is 0. The average molecular weight is 362 g/mol. The standard InChI is InChI=1S/C17H13ClFN3OS/c1-22-16(11-6-8-12(19)9-7-11)20-21-17(22)24-10-15(23)13-4-2-3-5-14(13)18/h2-9H,10H2,1H3. The Labute approximate surface area is 147 Å². The lowest BCUT2D eigenvalue weighted by molar-refractivity contribution is 0.102. The molecule has 1 heterocycles. The van der Waals surface area contributed by atoms with Crippen molar-refractivity contribution in [1.82, 2.24) is 14.8 Å². The molecule has 0 spiro atoms. The van der Waals surface area contributed by atoms with E-state index in [1.165, 1.54) is 23.9 Å². The van der Waals surface area contributed by atoms with Crippen LogP contribution in [-0.4, -0.2) is 26.3 Å². The second-order valence-corrected chi connectivity index (χ2v) is 6.41. The van der Waals surface area contributed by atoms with E-state index < -0.39 is 0 Å². The third kappa shape index (κ3) is 3.49. The highest BCUT2D eigenvalue weighted by molar-refractivity contribution is 7.99. The van der Waals surface area contributed by atoms with E-state index in [2.05, 4.69) is 10.2 Å². The van der Waals surface area contributed by atoms with Gasteiger partial charge in [0, 0.05) is 18.2 Å². The third-order valence-corrected chi connectivity index (χ3v) is 4.79. The second-order valence-electron chi connectivity index (χ2n) is 5.06. The Hall–Kier alpha value is -2.18. The third-order valence-electron chi connectivity index (χ3n) is 3.44. The molecule has 0 amide bonds. The van der Waals surface area contributed by atoms with Gasteiger partial charge in [0.25, 0.3) is 0 Å². The van der Waals surface area contributed by atoms with Crippen LogP contribution in [-0.2, 0) is 7.05 Å². The first-order chi connectivity index (χ1) is 11.6. The van der Waals surface area contributed by atoms with Gasteiger partial charge in [0.05, 0.1) is 10.8 Å². The highest BCUT2D eigenvalue weighted by Crippen LogP contribution is 2.24. The number of halogens is 2. The van der Waals surface area contributed by atoms with Crippen LogP contribution in [0.4, 0.5) is 4.39 Å². The summed E-state index contributed by atoms with van der Waals surface area (Å²) in [5.74, 6) is 0.444. The van der Waals surface area contributed by atoms with Crippen molar-refractivity contribution in [3.05, 3.63) is 64.9 Å². The van der Waals surface area contributed by atoms with Crippen LogP contribution < -0.4 is 0 Å². The van der Waals surface area contributed by atoms with Crippen molar-refractivity contribution in [2.45, 2.75) is 5.16 Å². The molecule has 0 atom stereocenters. The molecule has 3 rings (SSSR count). The van der Waals surface area contributed by atoms with E-state index >= 15 is 0 Å². The molecule has 0 aliphatic heterocycles. The number of rotatable bonds is 5. The van der Waals surface area contributed by atoms with Crippen molar-refractivity contribution in [1.29, 1.82) is 0 Å². The van der Waals surface area contributed by atoms with Gasteiger partial charge in [0.1, 0.15) is 5.82 Å². The van der Waals surface area contributed by atoms with Crippen molar-refractivity contribution in [3.8, 4) is 11.4 Å². The van der Waals surface area contributed by atoms with E-state index in [9.17, 15) is 9.18 Å². The summed E-state index contributed by atoms with van der Waals surface area (Å²) < 4.78 is 14.8. The van der Waals surface area contributed by atoms with E-state index in [-0.39, 0.29) is 17.4 Å². The van der Waals surface area contributed by atoms with Gasteiger partial charge in [-0.1, -0.05) is 35.5 Å². The predicted molar refractivity (Wildman–Crippen MR) is 92.9 cm³/mol. The number of carbonyl (C=O) groups excluding carboxylic acids is 1. The van der Waals surface area contributed by atoms with Crippen LogP contribution in [0, 0.1) is 5.82 Å². The van der Waals surface area contributed by atoms with Crippen LogP contribution in [0.25, 0.3) is 11.4 Å². The first-order valence-corrected chi connectivity index (χ1v) is 8.48. The number of aromatic nitrogens is 3. The fourth-order valence-corrected chi connectivity index (χ4v) is 3.22. The number of thioether (sulfide) groups is 1. The number of ketones is 1. The molecule has 0 saturated carbocycles. The van der Waals surface area contributed by atoms with Gasteiger partial charge in [-0.3, -0.25) is 4.79 Å². The zero-order chi connectivity index (χ0) is 17.1. The Morgan fingerprint density at radius 1 is 1.17 bits per heavy atom. The zero-order valence-corrected chi connectivity index (χ0v) is 14.3. The summed E-state index contributed by atoms with van der Waals surface area (Å²) in [7, 11) is 1.81. The van der Waals surface area contributed by atoms with Crippen LogP contribution in [0.1, 0.15) is 10.4 Å². The van der Waals surface area contributed by atoms with Gasteiger partial charge < -0.3 is 4.57 Å². The molecule has 3 aromatic rings. The van der Waals surface area contributed by atoms with Crippen LogP contribution in [0.15, 0.2) is 53.7 Å². The summed E-state index contributed by atoms with van der Waals surface area (Å²) in [5.41, 5.74) is 1.25. The van der Waals surface area contributed by atoms with Gasteiger partial charge in [-0.25, -0.2) is 4.39 Å². The lowest BCUT2D eigenvalue weighted by atomic mass is 10.1. The molecular weight excluding hydrogens is 349 g/mol. The second kappa shape index (κ2) is 7.15. The van der Waals surface area contributed by atoms with Crippen molar-refractivity contribution in [2.24, 2.45) is 7.05 Å². The largest absolute Gasteiger partial charge is 0.305 e. The summed E-state index contributed by atoms with van der Waals surface area (Å²) in [6, 6.07) is 13.0. The Balaban J connectivity index is 1.74. The minimum atomic E-state index is -0.305. The Bertz CT molecular complexity index is 880. The van der Waals surface area contributed by atoms with Gasteiger partial charge >= 0.3 is 0 Å². The minimum Gasteiger partial charge on any atom is -0.305 e. The highest BCUT2D eigenvalue weighted by Gasteiger charge is 2.15. The van der Waals surface area contributed by atoms with Gasteiger partial charge in [0.2, 0.25) is 0 Å². The molecule has 1 aromatic heterocycles. The maximum absolute atomic E-state index is 13.0. The van der Waals surface area contributed by atoms with E-state index in [1.54, 1.807) is 48.0 Å². The highest BCUT2D eigenvalue weighted by atomic mass is 35.5. The molecule has 0 unspecified atom stereocenters. The quantitative estimate of drug-likeness (QED) is 0.503. The van der Waals surface area contributed by atoms with Crippen molar-refractivity contribution < 1.29 is 9.18 Å². The van der Waals surface area contributed by atoms with Gasteiger partial charge in [-0.05, 0) is 36.4 Å². The maximum atomic E-state index is 13.0. The molecule has 0 bridgehead atoms. The number of nitrogens with zero attached hydrogens (tertiary/aromatic N) is 3. The van der Waals surface area contributed by atoms with Crippen LogP contribution in [0.3, 0.4) is 0 Å². The molecule has 0 radical (unpaired) electrons. The number of carbonyl (C=O) groups is 1. The van der Waals surface area contributed by atoms with E-state index in [0.29, 0.717) is 21.6 Å². The summed E-state index contributed by atoms with van der Waals surface area (Å²) in [5, 5.41) is 9.26. The Kier molecular flexibility index (Phi) is 4.97. The molecule has 0 aliphatic carbocycles. The smallest absolute Gasteiger partial charge is 0.191 e. The van der Waals surface area contributed by atoms with Crippen LogP contribution >= 0.6 is 23.4 Å². The summed E-state index contributed by atoms with van der Waals surface area (Å²) in [4.78, 5) is 12.3. The Morgan fingerprint density at radius 2 is 1.88 bits per heavy atom. The van der Waals surface area contributed by atoms with Gasteiger partial charge in [0.15, 0.2) is 16.8 Å². The Morgan fingerprint density at radius 3 is 2.58 bits per heavy atom. The normalized spacial score (nSPS) is 10.8. The lowest BCUT2D eigenvalue weighted by Gasteiger charge is -2.05. The van der Waals surface area contributed by atoms with Gasteiger partial charge in [-0.2, -0.15) is 0 Å². The average Bonchev–Trinajstić information content (AvgIpc) is 2.95. The van der Waals surface area contributed by atoms with Crippen molar-refractivity contribution in [2.75, 3.05) is 5.75 Å². The number of benzene rings is 2. The fraction of sp³-hybridized carbons (Fsp3) is 0.118. The first-order valence-electron chi connectivity index (χ1n) is 7.12. The van der Waals surface area contributed by atoms with Crippen LogP contribution in [0.5, 0.6) is 0 Å². The maximum Gasteiger partial charge on any atom is 0.191 e. The number of hydrogen-bond donors (Lipinski definition) is 0. The molecule has 24 heavy (non-hydrogen) atoms.